The van der Waals surface area contributed by atoms with Crippen LogP contribution in [0.5, 0.6) is 0 Å². The molecule has 0 aliphatic rings. The quantitative estimate of drug-likeness (QED) is 0.607. The molecule has 0 heteroatoms. The molecule has 0 amide bonds. The van der Waals surface area contributed by atoms with E-state index in [4.69, 9.17) is 0 Å². The van der Waals surface area contributed by atoms with Gasteiger partial charge in [-0.05, 0) is 31.2 Å². The third kappa shape index (κ3) is 4.07. The minimum absolute atomic E-state index is 0.787. The normalized spacial score (nSPS) is 12.7. The van der Waals surface area contributed by atoms with Gasteiger partial charge in [0.05, 0.1) is 0 Å². The van der Waals surface area contributed by atoms with E-state index in [-0.39, 0.29) is 0 Å². The summed E-state index contributed by atoms with van der Waals surface area (Å²) in [5.41, 5.74) is 2.94. The molecule has 0 aromatic heterocycles. The number of benzene rings is 1. The fourth-order valence-electron chi connectivity index (χ4n) is 2.20. The molecule has 0 saturated carbocycles. The van der Waals surface area contributed by atoms with Crippen molar-refractivity contribution in [3.05, 3.63) is 35.4 Å². The van der Waals surface area contributed by atoms with Gasteiger partial charge in [0, 0.05) is 0 Å². The molecule has 0 aliphatic heterocycles. The van der Waals surface area contributed by atoms with Gasteiger partial charge in [0.25, 0.3) is 0 Å². The van der Waals surface area contributed by atoms with E-state index in [9.17, 15) is 0 Å². The Morgan fingerprint density at radius 1 is 1.07 bits per heavy atom. The van der Waals surface area contributed by atoms with Gasteiger partial charge < -0.3 is 0 Å². The van der Waals surface area contributed by atoms with Crippen molar-refractivity contribution >= 4 is 0 Å². The maximum Gasteiger partial charge on any atom is -0.0162 e. The standard InChI is InChI=1S/C15H24/c1-4-6-10-14(8-5-2)15-11-7-9-13(3)12-15/h7,9,11-12,14H,4-6,8,10H2,1-3H3. The van der Waals surface area contributed by atoms with Gasteiger partial charge in [0.2, 0.25) is 0 Å². The van der Waals surface area contributed by atoms with Crippen molar-refractivity contribution in [3.63, 3.8) is 0 Å². The molecule has 0 spiro atoms. The minimum atomic E-state index is 0.787. The Morgan fingerprint density at radius 3 is 2.47 bits per heavy atom. The van der Waals surface area contributed by atoms with E-state index in [0.717, 1.165) is 5.92 Å². The molecule has 0 fully saturated rings. The van der Waals surface area contributed by atoms with Gasteiger partial charge in [-0.15, -0.1) is 0 Å². The van der Waals surface area contributed by atoms with E-state index < -0.39 is 0 Å². The summed E-state index contributed by atoms with van der Waals surface area (Å²) in [7, 11) is 0. The van der Waals surface area contributed by atoms with Crippen LogP contribution in [-0.2, 0) is 0 Å². The summed E-state index contributed by atoms with van der Waals surface area (Å²) < 4.78 is 0. The van der Waals surface area contributed by atoms with E-state index >= 15 is 0 Å². The number of unbranched alkanes of at least 4 members (excludes halogenated alkanes) is 1. The zero-order valence-electron chi connectivity index (χ0n) is 10.4. The first-order chi connectivity index (χ1) is 7.27. The summed E-state index contributed by atoms with van der Waals surface area (Å²) in [5.74, 6) is 0.787. The molecule has 0 heterocycles. The lowest BCUT2D eigenvalue weighted by Gasteiger charge is -2.16. The molecule has 0 bridgehead atoms. The number of aryl methyl sites for hydroxylation is 1. The van der Waals surface area contributed by atoms with Crippen LogP contribution >= 0.6 is 0 Å². The molecular weight excluding hydrogens is 180 g/mol. The second-order valence-electron chi connectivity index (χ2n) is 4.54. The van der Waals surface area contributed by atoms with E-state index in [1.54, 1.807) is 5.56 Å². The highest BCUT2D eigenvalue weighted by molar-refractivity contribution is 5.25. The highest BCUT2D eigenvalue weighted by Crippen LogP contribution is 2.27. The molecule has 84 valence electrons. The average molecular weight is 204 g/mol. The summed E-state index contributed by atoms with van der Waals surface area (Å²) in [4.78, 5) is 0. The first-order valence-electron chi connectivity index (χ1n) is 6.34. The van der Waals surface area contributed by atoms with Crippen LogP contribution in [0.4, 0.5) is 0 Å². The Balaban J connectivity index is 2.69. The maximum absolute atomic E-state index is 2.36. The Labute approximate surface area is 94.7 Å². The van der Waals surface area contributed by atoms with Crippen LogP contribution in [0.1, 0.15) is 63.0 Å². The van der Waals surface area contributed by atoms with Crippen molar-refractivity contribution in [2.24, 2.45) is 0 Å². The number of hydrogen-bond donors (Lipinski definition) is 0. The second kappa shape index (κ2) is 6.66. The highest BCUT2D eigenvalue weighted by Gasteiger charge is 2.09. The molecule has 0 saturated heterocycles. The largest absolute Gasteiger partial charge is 0.0654 e. The average Bonchev–Trinajstić information content (AvgIpc) is 2.24. The number of rotatable bonds is 6. The molecular formula is C15H24. The van der Waals surface area contributed by atoms with Crippen molar-refractivity contribution in [1.29, 1.82) is 0 Å². The first kappa shape index (κ1) is 12.3. The third-order valence-electron chi connectivity index (χ3n) is 3.06. The first-order valence-corrected chi connectivity index (χ1v) is 6.34. The lowest BCUT2D eigenvalue weighted by Crippen LogP contribution is -1.99. The van der Waals surface area contributed by atoms with Crippen molar-refractivity contribution in [2.45, 2.75) is 58.8 Å². The molecule has 1 aromatic carbocycles. The van der Waals surface area contributed by atoms with Gasteiger partial charge in [0.15, 0.2) is 0 Å². The van der Waals surface area contributed by atoms with Gasteiger partial charge in [-0.1, -0.05) is 62.9 Å². The van der Waals surface area contributed by atoms with Crippen molar-refractivity contribution in [1.82, 2.24) is 0 Å². The van der Waals surface area contributed by atoms with Crippen molar-refractivity contribution in [3.8, 4) is 0 Å². The summed E-state index contributed by atoms with van der Waals surface area (Å²) >= 11 is 0. The van der Waals surface area contributed by atoms with Gasteiger partial charge in [-0.2, -0.15) is 0 Å². The summed E-state index contributed by atoms with van der Waals surface area (Å²) in [6.45, 7) is 6.75. The zero-order chi connectivity index (χ0) is 11.1. The van der Waals surface area contributed by atoms with Crippen LogP contribution in [0.15, 0.2) is 24.3 Å². The Kier molecular flexibility index (Phi) is 5.45. The van der Waals surface area contributed by atoms with Gasteiger partial charge >= 0.3 is 0 Å². The number of hydrogen-bond acceptors (Lipinski definition) is 0. The lowest BCUT2D eigenvalue weighted by molar-refractivity contribution is 0.541. The lowest BCUT2D eigenvalue weighted by atomic mass is 9.89. The van der Waals surface area contributed by atoms with Crippen LogP contribution < -0.4 is 0 Å². The van der Waals surface area contributed by atoms with E-state index in [1.165, 1.54) is 37.7 Å². The van der Waals surface area contributed by atoms with Gasteiger partial charge in [0.1, 0.15) is 0 Å². The van der Waals surface area contributed by atoms with Crippen molar-refractivity contribution in [2.75, 3.05) is 0 Å². The van der Waals surface area contributed by atoms with Crippen LogP contribution in [0.25, 0.3) is 0 Å². The molecule has 1 unspecified atom stereocenters. The summed E-state index contributed by atoms with van der Waals surface area (Å²) in [6.07, 6.45) is 6.66. The predicted molar refractivity (Wildman–Crippen MR) is 68.4 cm³/mol. The molecule has 0 nitrogen and oxygen atoms in total. The fraction of sp³-hybridized carbons (Fsp3) is 0.600. The Hall–Kier alpha value is -0.780. The monoisotopic (exact) mass is 204 g/mol. The van der Waals surface area contributed by atoms with E-state index in [2.05, 4.69) is 45.0 Å². The SMILES string of the molecule is CCCCC(CCC)c1cccc(C)c1. The van der Waals surface area contributed by atoms with E-state index in [0.29, 0.717) is 0 Å². The van der Waals surface area contributed by atoms with Gasteiger partial charge in [-0.25, -0.2) is 0 Å². The zero-order valence-corrected chi connectivity index (χ0v) is 10.4. The smallest absolute Gasteiger partial charge is 0.0162 e. The Bertz CT molecular complexity index is 275. The summed E-state index contributed by atoms with van der Waals surface area (Å²) in [6, 6.07) is 9.03. The van der Waals surface area contributed by atoms with Crippen LogP contribution in [0, 0.1) is 6.92 Å². The minimum Gasteiger partial charge on any atom is -0.0654 e. The molecule has 1 atom stereocenters. The molecule has 0 aliphatic carbocycles. The van der Waals surface area contributed by atoms with E-state index in [1.807, 2.05) is 0 Å². The topological polar surface area (TPSA) is 0 Å². The molecule has 1 aromatic rings. The second-order valence-corrected chi connectivity index (χ2v) is 4.54. The van der Waals surface area contributed by atoms with Gasteiger partial charge in [-0.3, -0.25) is 0 Å². The van der Waals surface area contributed by atoms with Crippen LogP contribution in [-0.4, -0.2) is 0 Å². The molecule has 0 N–H and O–H groups in total. The summed E-state index contributed by atoms with van der Waals surface area (Å²) in [5, 5.41) is 0. The van der Waals surface area contributed by atoms with Crippen molar-refractivity contribution < 1.29 is 0 Å². The maximum atomic E-state index is 2.36. The molecule has 0 radical (unpaired) electrons. The molecule has 15 heavy (non-hydrogen) atoms. The van der Waals surface area contributed by atoms with Crippen LogP contribution in [0.3, 0.4) is 0 Å². The Morgan fingerprint density at radius 2 is 1.87 bits per heavy atom. The molecule has 1 rings (SSSR count). The predicted octanol–water partition coefficient (Wildman–Crippen LogP) is 5.07. The fourth-order valence-corrected chi connectivity index (χ4v) is 2.20. The van der Waals surface area contributed by atoms with Crippen LogP contribution in [0.2, 0.25) is 0 Å². The highest BCUT2D eigenvalue weighted by atomic mass is 14.1. The third-order valence-corrected chi connectivity index (χ3v) is 3.06.